The van der Waals surface area contributed by atoms with Crippen LogP contribution in [0.1, 0.15) is 83.5 Å². The number of nitrogens with two attached hydrogens (primary N) is 1. The third kappa shape index (κ3) is 19.2. The van der Waals surface area contributed by atoms with Crippen molar-refractivity contribution in [1.82, 2.24) is 14.3 Å². The molecule has 0 aliphatic carbocycles. The molecule has 428 valence electrons. The predicted molar refractivity (Wildman–Crippen MR) is 300 cm³/mol. The van der Waals surface area contributed by atoms with Crippen molar-refractivity contribution in [3.8, 4) is 23.0 Å². The Morgan fingerprint density at radius 1 is 0.570 bits per heavy atom. The van der Waals surface area contributed by atoms with Gasteiger partial charge in [0.2, 0.25) is 0 Å². The van der Waals surface area contributed by atoms with Crippen molar-refractivity contribution in [2.75, 3.05) is 27.3 Å². The Morgan fingerprint density at radius 2 is 0.962 bits per heavy atom. The van der Waals surface area contributed by atoms with E-state index < -0.39 is 68.9 Å². The van der Waals surface area contributed by atoms with Gasteiger partial charge in [0.25, 0.3) is 26.0 Å². The number of amides is 1. The number of phenols is 2. The van der Waals surface area contributed by atoms with E-state index in [0.717, 1.165) is 20.1 Å². The van der Waals surface area contributed by atoms with Crippen LogP contribution in [0.5, 0.6) is 23.0 Å². The zero-order valence-electron chi connectivity index (χ0n) is 45.7. The minimum Gasteiger partial charge on any atom is -0.508 e. The summed E-state index contributed by atoms with van der Waals surface area (Å²) in [7, 11) is -5.18. The zero-order valence-corrected chi connectivity index (χ0v) is 47.3. The molecule has 6 aromatic rings. The second-order valence-corrected chi connectivity index (χ2v) is 22.1. The number of aliphatic hydroxyl groups excluding tert-OH is 2. The Labute approximate surface area is 463 Å². The fourth-order valence-corrected chi connectivity index (χ4v) is 10.0. The fourth-order valence-electron chi connectivity index (χ4n) is 7.39. The number of aromatic hydroxyl groups is 2. The number of phenolic OH excluding ortho intramolecular Hbond substituents is 2. The van der Waals surface area contributed by atoms with E-state index in [1.165, 1.54) is 74.9 Å². The maximum atomic E-state index is 13.6. The molecular formula is C58H74N4O15S2. The number of hydrogen-bond donors (Lipinski definition) is 7. The lowest BCUT2D eigenvalue weighted by Crippen LogP contribution is -2.51. The van der Waals surface area contributed by atoms with E-state index >= 15 is 0 Å². The largest absolute Gasteiger partial charge is 0.508 e. The molecule has 6 aromatic carbocycles. The molecule has 0 bridgehead atoms. The molecule has 0 aliphatic heterocycles. The monoisotopic (exact) mass is 1130 g/mol. The van der Waals surface area contributed by atoms with Crippen LogP contribution < -0.4 is 20.5 Å². The van der Waals surface area contributed by atoms with Gasteiger partial charge in [-0.1, -0.05) is 95.6 Å². The second-order valence-electron chi connectivity index (χ2n) is 18.4. The molecule has 6 atom stereocenters. The molecule has 6 unspecified atom stereocenters. The van der Waals surface area contributed by atoms with E-state index in [-0.39, 0.29) is 51.5 Å². The van der Waals surface area contributed by atoms with Crippen LogP contribution in [0.25, 0.3) is 0 Å². The number of sulfonamides is 2. The number of hydroxylamine groups is 2. The lowest BCUT2D eigenvalue weighted by atomic mass is 10.00. The SMILES string of the molecule is CCC(C)ON(CC(O)C(Cc1ccccc1)NC(=O)c1cccc(O)c1C)S(=O)(=O)c1ccc(OC)cc1.CCC(C)ON(CC(O)C(N)Cc1ccccc1)S(=O)(=O)c1ccc(OC)cc1.Cc1c(O)cccc1C(=O)O. The number of hydrogen-bond acceptors (Lipinski definition) is 15. The summed E-state index contributed by atoms with van der Waals surface area (Å²) >= 11 is 0. The molecular weight excluding hydrogens is 1060 g/mol. The van der Waals surface area contributed by atoms with Gasteiger partial charge in [-0.3, -0.25) is 14.5 Å². The molecule has 6 rings (SSSR count). The summed E-state index contributed by atoms with van der Waals surface area (Å²) in [5.41, 5.74) is 9.13. The summed E-state index contributed by atoms with van der Waals surface area (Å²) in [6, 6.07) is 38.1. The predicted octanol–water partition coefficient (Wildman–Crippen LogP) is 7.58. The van der Waals surface area contributed by atoms with Crippen LogP contribution in [-0.2, 0) is 42.6 Å². The molecule has 0 aromatic heterocycles. The maximum Gasteiger partial charge on any atom is 0.336 e. The van der Waals surface area contributed by atoms with Gasteiger partial charge >= 0.3 is 5.97 Å². The van der Waals surface area contributed by atoms with Crippen LogP contribution in [0, 0.1) is 13.8 Å². The summed E-state index contributed by atoms with van der Waals surface area (Å²) in [5.74, 6) is -0.486. The van der Waals surface area contributed by atoms with E-state index in [1.807, 2.05) is 74.5 Å². The van der Waals surface area contributed by atoms with Gasteiger partial charge in [0.05, 0.1) is 73.1 Å². The Kier molecular flexibility index (Phi) is 25.4. The van der Waals surface area contributed by atoms with Crippen molar-refractivity contribution in [3.05, 3.63) is 179 Å². The molecule has 1 amide bonds. The van der Waals surface area contributed by atoms with Crippen molar-refractivity contribution in [2.24, 2.45) is 5.73 Å². The van der Waals surface area contributed by atoms with Crippen LogP contribution in [0.2, 0.25) is 0 Å². The third-order valence-corrected chi connectivity index (χ3v) is 15.9. The molecule has 0 fully saturated rings. The summed E-state index contributed by atoms with van der Waals surface area (Å²) in [6.45, 7) is 9.73. The first-order chi connectivity index (χ1) is 37.5. The van der Waals surface area contributed by atoms with E-state index in [1.54, 1.807) is 52.0 Å². The average Bonchev–Trinajstić information content (AvgIpc) is 3.47. The standard InChI is InChI=1S/C29H36N2O7S.C21H30N2O5S.C8H8O3/c1-5-20(2)38-31(39(35,36)24-16-14-23(37-4)15-17-24)19-28(33)26(18-22-10-7-6-8-11-22)30-29(34)25-12-9-13-27(32)21(25)3;1-4-16(2)28-23(29(25,26)19-12-10-18(27-3)11-13-19)15-21(24)20(22)14-17-8-6-5-7-9-17;1-5-6(8(10)11)3-2-4-7(5)9/h6-17,20,26,28,32-33H,5,18-19H2,1-4H3,(H,30,34);5-13,16,20-21,24H,4,14-15,22H2,1-3H3;2-4,9H,1H3,(H,10,11). The summed E-state index contributed by atoms with van der Waals surface area (Å²) in [5, 5.41) is 52.5. The quantitative estimate of drug-likeness (QED) is 0.0272. The highest BCUT2D eigenvalue weighted by atomic mass is 32.2. The topological polar surface area (TPSA) is 285 Å². The normalized spacial score (nSPS) is 13.8. The average molecular weight is 1130 g/mol. The van der Waals surface area contributed by atoms with Gasteiger partial charge in [-0.25, -0.2) is 21.6 Å². The fraction of sp³-hybridized carbons (Fsp3) is 0.345. The first-order valence-corrected chi connectivity index (χ1v) is 28.3. The first kappa shape index (κ1) is 64.6. The number of rotatable bonds is 25. The van der Waals surface area contributed by atoms with E-state index in [2.05, 4.69) is 5.32 Å². The van der Waals surface area contributed by atoms with Gasteiger partial charge in [-0.15, -0.1) is 0 Å². The van der Waals surface area contributed by atoms with E-state index in [9.17, 15) is 41.7 Å². The highest BCUT2D eigenvalue weighted by Gasteiger charge is 2.34. The van der Waals surface area contributed by atoms with Gasteiger partial charge in [-0.05, 0) is 137 Å². The Hall–Kier alpha value is -6.92. The summed E-state index contributed by atoms with van der Waals surface area (Å²) in [4.78, 5) is 35.1. The number of nitrogens with one attached hydrogen (secondary N) is 1. The number of carboxylic acids is 1. The summed E-state index contributed by atoms with van der Waals surface area (Å²) < 4.78 is 65.2. The number of carbonyl (C=O) groups excluding carboxylic acids is 1. The lowest BCUT2D eigenvalue weighted by molar-refractivity contribution is -0.142. The number of benzene rings is 6. The van der Waals surface area contributed by atoms with Crippen LogP contribution in [-0.4, -0.2) is 127 Å². The molecule has 0 saturated heterocycles. The number of carbonyl (C=O) groups is 2. The molecule has 21 heteroatoms. The molecule has 8 N–H and O–H groups in total. The number of methoxy groups -OCH3 is 2. The Balaban J connectivity index is 0.000000293. The number of nitrogens with zero attached hydrogens (tertiary/aromatic N) is 2. The van der Waals surface area contributed by atoms with Gasteiger partial charge in [0.1, 0.15) is 23.0 Å². The minimum atomic E-state index is -4.18. The number of aliphatic hydroxyl groups is 2. The smallest absolute Gasteiger partial charge is 0.336 e. The van der Waals surface area contributed by atoms with Crippen LogP contribution in [0.3, 0.4) is 0 Å². The Bertz CT molecular complexity index is 3060. The number of carboxylic acid groups (broad SMARTS) is 1. The molecule has 0 heterocycles. The van der Waals surface area contributed by atoms with Crippen molar-refractivity contribution in [3.63, 3.8) is 0 Å². The highest BCUT2D eigenvalue weighted by molar-refractivity contribution is 7.89. The molecule has 19 nitrogen and oxygen atoms in total. The van der Waals surface area contributed by atoms with Crippen LogP contribution >= 0.6 is 0 Å². The Morgan fingerprint density at radius 3 is 1.35 bits per heavy atom. The van der Waals surface area contributed by atoms with Crippen molar-refractivity contribution < 1.29 is 71.1 Å². The number of aromatic carboxylic acids is 1. The van der Waals surface area contributed by atoms with Crippen LogP contribution in [0.15, 0.2) is 155 Å². The lowest BCUT2D eigenvalue weighted by Gasteiger charge is -2.30. The van der Waals surface area contributed by atoms with E-state index in [4.69, 9.17) is 35.1 Å². The molecule has 79 heavy (non-hydrogen) atoms. The molecule has 0 saturated carbocycles. The van der Waals surface area contributed by atoms with E-state index in [0.29, 0.717) is 41.9 Å². The van der Waals surface area contributed by atoms with Crippen molar-refractivity contribution in [1.29, 1.82) is 0 Å². The van der Waals surface area contributed by atoms with Crippen molar-refractivity contribution >= 4 is 31.9 Å². The highest BCUT2D eigenvalue weighted by Crippen LogP contribution is 2.26. The van der Waals surface area contributed by atoms with Crippen molar-refractivity contribution in [2.45, 2.75) is 114 Å². The number of ether oxygens (including phenoxy) is 2. The molecule has 0 aliphatic rings. The van der Waals surface area contributed by atoms with Gasteiger partial charge in [0.15, 0.2) is 0 Å². The van der Waals surface area contributed by atoms with Gasteiger partial charge in [-0.2, -0.15) is 0 Å². The van der Waals surface area contributed by atoms with Gasteiger partial charge in [0, 0.05) is 22.7 Å². The first-order valence-electron chi connectivity index (χ1n) is 25.4. The third-order valence-electron chi connectivity index (χ3n) is 12.6. The van der Waals surface area contributed by atoms with Crippen LogP contribution in [0.4, 0.5) is 0 Å². The zero-order chi connectivity index (χ0) is 58.5. The second kappa shape index (κ2) is 31.0. The van der Waals surface area contributed by atoms with Gasteiger partial charge < -0.3 is 46.1 Å². The summed E-state index contributed by atoms with van der Waals surface area (Å²) in [6.07, 6.45) is -1.46. The molecule has 0 radical (unpaired) electrons. The maximum absolute atomic E-state index is 13.6. The minimum absolute atomic E-state index is 0.0184. The molecule has 0 spiro atoms.